The van der Waals surface area contributed by atoms with Crippen LogP contribution in [0.5, 0.6) is 0 Å². The number of amides is 1. The molecule has 0 aliphatic carbocycles. The van der Waals surface area contributed by atoms with E-state index in [1.807, 2.05) is 36.1 Å². The lowest BCUT2D eigenvalue weighted by molar-refractivity contribution is -0.117. The van der Waals surface area contributed by atoms with Crippen LogP contribution in [0.3, 0.4) is 0 Å². The summed E-state index contributed by atoms with van der Waals surface area (Å²) >= 11 is 0. The van der Waals surface area contributed by atoms with Crippen molar-refractivity contribution < 1.29 is 15.0 Å². The number of carbonyl (C=O) groups excluding carboxylic acids is 1. The van der Waals surface area contributed by atoms with E-state index < -0.39 is 0 Å². The third-order valence-corrected chi connectivity index (χ3v) is 3.05. The SMILES string of the molecule is Cc1ccccc1NC(=O)CN(CCCO)CCCO. The first-order valence-electron chi connectivity index (χ1n) is 6.97. The Labute approximate surface area is 120 Å². The predicted octanol–water partition coefficient (Wildman–Crippen LogP) is 1.00. The summed E-state index contributed by atoms with van der Waals surface area (Å²) in [7, 11) is 0. The van der Waals surface area contributed by atoms with Crippen LogP contribution in [0.2, 0.25) is 0 Å². The fraction of sp³-hybridized carbons (Fsp3) is 0.533. The molecule has 0 radical (unpaired) electrons. The van der Waals surface area contributed by atoms with Gasteiger partial charge in [0, 0.05) is 32.0 Å². The maximum atomic E-state index is 12.0. The summed E-state index contributed by atoms with van der Waals surface area (Å²) in [4.78, 5) is 14.0. The van der Waals surface area contributed by atoms with E-state index in [-0.39, 0.29) is 25.7 Å². The second kappa shape index (κ2) is 9.47. The molecule has 0 heterocycles. The summed E-state index contributed by atoms with van der Waals surface area (Å²) in [5.74, 6) is -0.0739. The van der Waals surface area contributed by atoms with E-state index in [4.69, 9.17) is 10.2 Å². The minimum absolute atomic E-state index is 0.0739. The van der Waals surface area contributed by atoms with Gasteiger partial charge in [-0.15, -0.1) is 0 Å². The van der Waals surface area contributed by atoms with Crippen molar-refractivity contribution in [2.24, 2.45) is 0 Å². The second-order valence-electron chi connectivity index (χ2n) is 4.79. The molecule has 1 amide bonds. The van der Waals surface area contributed by atoms with Gasteiger partial charge in [0.25, 0.3) is 0 Å². The van der Waals surface area contributed by atoms with Gasteiger partial charge in [-0.2, -0.15) is 0 Å². The molecule has 1 aromatic carbocycles. The van der Waals surface area contributed by atoms with Gasteiger partial charge in [-0.1, -0.05) is 18.2 Å². The van der Waals surface area contributed by atoms with Gasteiger partial charge in [0.1, 0.15) is 0 Å². The molecule has 0 saturated heterocycles. The van der Waals surface area contributed by atoms with Crippen molar-refractivity contribution in [2.75, 3.05) is 38.2 Å². The number of nitrogens with zero attached hydrogens (tertiary/aromatic N) is 1. The van der Waals surface area contributed by atoms with Crippen LogP contribution in [0.25, 0.3) is 0 Å². The molecule has 0 aromatic heterocycles. The van der Waals surface area contributed by atoms with E-state index in [0.29, 0.717) is 25.9 Å². The highest BCUT2D eigenvalue weighted by atomic mass is 16.3. The number of anilines is 1. The van der Waals surface area contributed by atoms with Crippen LogP contribution < -0.4 is 5.32 Å². The number of aryl methyl sites for hydroxylation is 1. The number of para-hydroxylation sites is 1. The molecule has 0 bridgehead atoms. The number of carbonyl (C=O) groups is 1. The summed E-state index contributed by atoms with van der Waals surface area (Å²) in [6, 6.07) is 7.64. The van der Waals surface area contributed by atoms with Gasteiger partial charge in [-0.05, 0) is 31.4 Å². The van der Waals surface area contributed by atoms with E-state index in [2.05, 4.69) is 5.32 Å². The van der Waals surface area contributed by atoms with Gasteiger partial charge in [0.2, 0.25) is 5.91 Å². The molecule has 0 atom stereocenters. The smallest absolute Gasteiger partial charge is 0.238 e. The van der Waals surface area contributed by atoms with Crippen molar-refractivity contribution in [3.05, 3.63) is 29.8 Å². The number of hydrogen-bond acceptors (Lipinski definition) is 4. The molecule has 0 fully saturated rings. The lowest BCUT2D eigenvalue weighted by Crippen LogP contribution is -2.35. The maximum Gasteiger partial charge on any atom is 0.238 e. The number of nitrogens with one attached hydrogen (secondary N) is 1. The van der Waals surface area contributed by atoms with Gasteiger partial charge in [-0.25, -0.2) is 0 Å². The van der Waals surface area contributed by atoms with Gasteiger partial charge in [0.05, 0.1) is 6.54 Å². The monoisotopic (exact) mass is 280 g/mol. The molecule has 0 spiro atoms. The molecular formula is C15H24N2O3. The van der Waals surface area contributed by atoms with Crippen LogP contribution in [0.4, 0.5) is 5.69 Å². The quantitative estimate of drug-likeness (QED) is 0.631. The Morgan fingerprint density at radius 3 is 2.30 bits per heavy atom. The van der Waals surface area contributed by atoms with Crippen LogP contribution in [-0.2, 0) is 4.79 Å². The molecular weight excluding hydrogens is 256 g/mol. The molecule has 20 heavy (non-hydrogen) atoms. The molecule has 0 saturated carbocycles. The van der Waals surface area contributed by atoms with Gasteiger partial charge >= 0.3 is 0 Å². The molecule has 0 aliphatic rings. The minimum Gasteiger partial charge on any atom is -0.396 e. The van der Waals surface area contributed by atoms with Crippen LogP contribution in [0.1, 0.15) is 18.4 Å². The molecule has 112 valence electrons. The van der Waals surface area contributed by atoms with E-state index in [0.717, 1.165) is 11.3 Å². The summed E-state index contributed by atoms with van der Waals surface area (Å²) in [5.41, 5.74) is 1.85. The van der Waals surface area contributed by atoms with Gasteiger partial charge in [0.15, 0.2) is 0 Å². The van der Waals surface area contributed by atoms with E-state index in [1.54, 1.807) is 0 Å². The maximum absolute atomic E-state index is 12.0. The van der Waals surface area contributed by atoms with Crippen molar-refractivity contribution in [1.29, 1.82) is 0 Å². The molecule has 3 N–H and O–H groups in total. The van der Waals surface area contributed by atoms with Crippen molar-refractivity contribution in [2.45, 2.75) is 19.8 Å². The lowest BCUT2D eigenvalue weighted by atomic mass is 10.2. The normalized spacial score (nSPS) is 10.8. The van der Waals surface area contributed by atoms with E-state index in [1.165, 1.54) is 0 Å². The first-order chi connectivity index (χ1) is 9.67. The van der Waals surface area contributed by atoms with Gasteiger partial charge in [-0.3, -0.25) is 9.69 Å². The Morgan fingerprint density at radius 1 is 1.15 bits per heavy atom. The Balaban J connectivity index is 2.50. The Kier molecular flexibility index (Phi) is 7.87. The summed E-state index contributed by atoms with van der Waals surface area (Å²) < 4.78 is 0. The topological polar surface area (TPSA) is 72.8 Å². The minimum atomic E-state index is -0.0739. The Morgan fingerprint density at radius 2 is 1.75 bits per heavy atom. The van der Waals surface area contributed by atoms with Crippen LogP contribution >= 0.6 is 0 Å². The van der Waals surface area contributed by atoms with Gasteiger partial charge < -0.3 is 15.5 Å². The Hall–Kier alpha value is -1.43. The zero-order chi connectivity index (χ0) is 14.8. The highest BCUT2D eigenvalue weighted by Gasteiger charge is 2.11. The summed E-state index contributed by atoms with van der Waals surface area (Å²) in [5, 5.41) is 20.6. The summed E-state index contributed by atoms with van der Waals surface area (Å²) in [6.45, 7) is 3.73. The van der Waals surface area contributed by atoms with Crippen LogP contribution in [0, 0.1) is 6.92 Å². The number of aliphatic hydroxyl groups is 2. The average molecular weight is 280 g/mol. The Bertz CT molecular complexity index is 402. The number of hydrogen-bond donors (Lipinski definition) is 3. The molecule has 1 aromatic rings. The number of rotatable bonds is 9. The van der Waals surface area contributed by atoms with Crippen molar-refractivity contribution in [3.8, 4) is 0 Å². The highest BCUT2D eigenvalue weighted by Crippen LogP contribution is 2.12. The third-order valence-electron chi connectivity index (χ3n) is 3.05. The fourth-order valence-corrected chi connectivity index (χ4v) is 1.96. The van der Waals surface area contributed by atoms with Crippen molar-refractivity contribution >= 4 is 11.6 Å². The van der Waals surface area contributed by atoms with Crippen molar-refractivity contribution in [1.82, 2.24) is 4.90 Å². The molecule has 0 aliphatic heterocycles. The molecule has 0 unspecified atom stereocenters. The highest BCUT2D eigenvalue weighted by molar-refractivity contribution is 5.92. The first-order valence-corrected chi connectivity index (χ1v) is 6.97. The van der Waals surface area contributed by atoms with Crippen LogP contribution in [-0.4, -0.2) is 53.9 Å². The average Bonchev–Trinajstić information content (AvgIpc) is 2.44. The number of aliphatic hydroxyl groups excluding tert-OH is 2. The van der Waals surface area contributed by atoms with E-state index >= 15 is 0 Å². The third kappa shape index (κ3) is 6.14. The lowest BCUT2D eigenvalue weighted by Gasteiger charge is -2.21. The molecule has 1 rings (SSSR count). The standard InChI is InChI=1S/C15H24N2O3/c1-13-6-2-3-7-14(13)16-15(20)12-17(8-4-10-18)9-5-11-19/h2-3,6-7,18-19H,4-5,8-12H2,1H3,(H,16,20). The first kappa shape index (κ1) is 16.6. The zero-order valence-electron chi connectivity index (χ0n) is 12.0. The molecule has 5 nitrogen and oxygen atoms in total. The second-order valence-corrected chi connectivity index (χ2v) is 4.79. The van der Waals surface area contributed by atoms with E-state index in [9.17, 15) is 4.79 Å². The fourth-order valence-electron chi connectivity index (χ4n) is 1.96. The van der Waals surface area contributed by atoms with Crippen LogP contribution in [0.15, 0.2) is 24.3 Å². The van der Waals surface area contributed by atoms with Crippen molar-refractivity contribution in [3.63, 3.8) is 0 Å². The summed E-state index contributed by atoms with van der Waals surface area (Å²) in [6.07, 6.45) is 1.26. The zero-order valence-corrected chi connectivity index (χ0v) is 12.0. The molecule has 5 heteroatoms. The predicted molar refractivity (Wildman–Crippen MR) is 79.7 cm³/mol. The largest absolute Gasteiger partial charge is 0.396 e. The number of benzene rings is 1.